The molecule has 0 saturated carbocycles. The van der Waals surface area contributed by atoms with Gasteiger partial charge >= 0.3 is 0 Å². The van der Waals surface area contributed by atoms with Gasteiger partial charge in [-0.05, 0) is 60.8 Å². The predicted octanol–water partition coefficient (Wildman–Crippen LogP) is 8.37. The van der Waals surface area contributed by atoms with Crippen molar-refractivity contribution in [3.63, 3.8) is 0 Å². The van der Waals surface area contributed by atoms with Gasteiger partial charge in [0, 0.05) is 18.0 Å². The number of benzene rings is 2. The Morgan fingerprint density at radius 2 is 1.47 bits per heavy atom. The summed E-state index contributed by atoms with van der Waals surface area (Å²) in [5.74, 6) is 1.59. The van der Waals surface area contributed by atoms with E-state index in [1.807, 2.05) is 30.6 Å². The second-order valence-electron chi connectivity index (χ2n) is 9.17. The quantitative estimate of drug-likeness (QED) is 0.292. The first-order chi connectivity index (χ1) is 16.6. The number of aryl methyl sites for hydroxylation is 3. The van der Waals surface area contributed by atoms with Crippen molar-refractivity contribution in [2.24, 2.45) is 5.92 Å². The maximum atomic E-state index is 8.94. The van der Waals surface area contributed by atoms with Gasteiger partial charge in [0.2, 0.25) is 0 Å². The standard InChI is InChI=1S/C17H22N2.C14H19N/c1-3-5-7-14-8-10-16(11-9-14)17-18-12-15(6-4-2)13-19-17;1-3-6-12(2)9-10-13-7-4-5-8-14(13)11-15/h8-13H,3-7H2,1-2H3;4-5,7-8,12H,3,6,9-10H2,1-2H3. The number of aromatic nitrogens is 2. The van der Waals surface area contributed by atoms with E-state index in [0.29, 0.717) is 0 Å². The van der Waals surface area contributed by atoms with Crippen molar-refractivity contribution in [1.82, 2.24) is 9.97 Å². The fraction of sp³-hybridized carbons (Fsp3) is 0.452. The van der Waals surface area contributed by atoms with Crippen LogP contribution in [-0.2, 0) is 19.3 Å². The summed E-state index contributed by atoms with van der Waals surface area (Å²) in [6, 6.07) is 18.8. The Kier molecular flexibility index (Phi) is 12.6. The van der Waals surface area contributed by atoms with Crippen LogP contribution in [0, 0.1) is 17.2 Å². The third-order valence-corrected chi connectivity index (χ3v) is 6.10. The van der Waals surface area contributed by atoms with Crippen LogP contribution in [0.5, 0.6) is 0 Å². The lowest BCUT2D eigenvalue weighted by molar-refractivity contribution is 0.486. The van der Waals surface area contributed by atoms with Gasteiger partial charge in [0.1, 0.15) is 0 Å². The van der Waals surface area contributed by atoms with Crippen molar-refractivity contribution in [3.05, 3.63) is 83.2 Å². The number of rotatable bonds is 11. The van der Waals surface area contributed by atoms with Crippen LogP contribution < -0.4 is 0 Å². The highest BCUT2D eigenvalue weighted by Gasteiger charge is 2.05. The first-order valence-corrected chi connectivity index (χ1v) is 13.0. The Labute approximate surface area is 207 Å². The molecule has 1 atom stereocenters. The van der Waals surface area contributed by atoms with E-state index in [1.165, 1.54) is 48.8 Å². The van der Waals surface area contributed by atoms with E-state index in [9.17, 15) is 0 Å². The van der Waals surface area contributed by atoms with Gasteiger partial charge in [-0.25, -0.2) is 9.97 Å². The summed E-state index contributed by atoms with van der Waals surface area (Å²) in [4.78, 5) is 8.90. The summed E-state index contributed by atoms with van der Waals surface area (Å²) in [6.45, 7) is 8.90. The molecule has 0 N–H and O–H groups in total. The fourth-order valence-corrected chi connectivity index (χ4v) is 4.01. The summed E-state index contributed by atoms with van der Waals surface area (Å²) in [5.41, 5.74) is 5.74. The van der Waals surface area contributed by atoms with E-state index in [2.05, 4.69) is 74.1 Å². The van der Waals surface area contributed by atoms with E-state index in [1.54, 1.807) is 0 Å². The van der Waals surface area contributed by atoms with Crippen molar-refractivity contribution in [2.75, 3.05) is 0 Å². The molecule has 0 aliphatic carbocycles. The Balaban J connectivity index is 0.000000248. The Morgan fingerprint density at radius 1 is 0.765 bits per heavy atom. The average Bonchev–Trinajstić information content (AvgIpc) is 2.88. The molecule has 0 radical (unpaired) electrons. The molecule has 0 spiro atoms. The average molecular weight is 456 g/mol. The van der Waals surface area contributed by atoms with Crippen LogP contribution in [0.4, 0.5) is 0 Å². The molecule has 1 aromatic heterocycles. The monoisotopic (exact) mass is 455 g/mol. The van der Waals surface area contributed by atoms with E-state index in [-0.39, 0.29) is 0 Å². The molecule has 0 fully saturated rings. The maximum Gasteiger partial charge on any atom is 0.159 e. The van der Waals surface area contributed by atoms with Crippen LogP contribution in [0.3, 0.4) is 0 Å². The molecular formula is C31H41N3. The molecule has 34 heavy (non-hydrogen) atoms. The number of nitriles is 1. The molecule has 3 heteroatoms. The molecule has 1 unspecified atom stereocenters. The third-order valence-electron chi connectivity index (χ3n) is 6.10. The highest BCUT2D eigenvalue weighted by atomic mass is 14.9. The normalized spacial score (nSPS) is 11.3. The Morgan fingerprint density at radius 3 is 2.09 bits per heavy atom. The van der Waals surface area contributed by atoms with Crippen LogP contribution in [0.2, 0.25) is 0 Å². The first-order valence-electron chi connectivity index (χ1n) is 13.0. The molecule has 0 aliphatic heterocycles. The zero-order valence-electron chi connectivity index (χ0n) is 21.6. The highest BCUT2D eigenvalue weighted by Crippen LogP contribution is 2.18. The van der Waals surface area contributed by atoms with Crippen molar-refractivity contribution in [1.29, 1.82) is 5.26 Å². The van der Waals surface area contributed by atoms with Crippen LogP contribution in [0.15, 0.2) is 60.9 Å². The number of nitrogens with zero attached hydrogens (tertiary/aromatic N) is 3. The fourth-order valence-electron chi connectivity index (χ4n) is 4.01. The van der Waals surface area contributed by atoms with Crippen LogP contribution >= 0.6 is 0 Å². The molecule has 2 aromatic carbocycles. The smallest absolute Gasteiger partial charge is 0.159 e. The van der Waals surface area contributed by atoms with Gasteiger partial charge < -0.3 is 0 Å². The number of hydrogen-bond donors (Lipinski definition) is 0. The number of hydrogen-bond acceptors (Lipinski definition) is 3. The Bertz CT molecular complexity index is 984. The van der Waals surface area contributed by atoms with E-state index < -0.39 is 0 Å². The third kappa shape index (κ3) is 9.48. The summed E-state index contributed by atoms with van der Waals surface area (Å²) in [5, 5.41) is 8.94. The zero-order chi connectivity index (χ0) is 24.6. The minimum absolute atomic E-state index is 0.766. The molecule has 0 saturated heterocycles. The predicted molar refractivity (Wildman–Crippen MR) is 144 cm³/mol. The van der Waals surface area contributed by atoms with E-state index in [0.717, 1.165) is 48.6 Å². The van der Waals surface area contributed by atoms with Crippen LogP contribution in [0.25, 0.3) is 11.4 Å². The van der Waals surface area contributed by atoms with Gasteiger partial charge in [-0.1, -0.05) is 95.8 Å². The SMILES string of the molecule is CCCC(C)CCc1ccccc1C#N.CCCCc1ccc(-c2ncc(CCC)cn2)cc1. The topological polar surface area (TPSA) is 49.6 Å². The van der Waals surface area contributed by atoms with Crippen molar-refractivity contribution >= 4 is 0 Å². The molecule has 3 aromatic rings. The van der Waals surface area contributed by atoms with Crippen LogP contribution in [-0.4, -0.2) is 9.97 Å². The van der Waals surface area contributed by atoms with Crippen molar-refractivity contribution < 1.29 is 0 Å². The highest BCUT2D eigenvalue weighted by molar-refractivity contribution is 5.55. The van der Waals surface area contributed by atoms with Crippen molar-refractivity contribution in [2.45, 2.75) is 85.5 Å². The van der Waals surface area contributed by atoms with E-state index in [4.69, 9.17) is 5.26 Å². The maximum absolute atomic E-state index is 8.94. The summed E-state index contributed by atoms with van der Waals surface area (Å²) in [6.07, 6.45) is 14.5. The zero-order valence-corrected chi connectivity index (χ0v) is 21.6. The molecule has 0 amide bonds. The molecule has 3 nitrogen and oxygen atoms in total. The summed E-state index contributed by atoms with van der Waals surface area (Å²) in [7, 11) is 0. The number of unbranched alkanes of at least 4 members (excludes halogenated alkanes) is 1. The van der Waals surface area contributed by atoms with Gasteiger partial charge in [0.05, 0.1) is 11.6 Å². The van der Waals surface area contributed by atoms with Gasteiger partial charge in [-0.15, -0.1) is 0 Å². The van der Waals surface area contributed by atoms with E-state index >= 15 is 0 Å². The Hall–Kier alpha value is -2.99. The van der Waals surface area contributed by atoms with Gasteiger partial charge in [-0.2, -0.15) is 5.26 Å². The first kappa shape index (κ1) is 27.3. The van der Waals surface area contributed by atoms with Gasteiger partial charge in [-0.3, -0.25) is 0 Å². The molecule has 1 heterocycles. The summed E-state index contributed by atoms with van der Waals surface area (Å²) < 4.78 is 0. The lowest BCUT2D eigenvalue weighted by atomic mass is 9.95. The molecule has 180 valence electrons. The molecule has 0 aliphatic rings. The second kappa shape index (κ2) is 15.8. The lowest BCUT2D eigenvalue weighted by Gasteiger charge is -2.10. The molecular weight excluding hydrogens is 414 g/mol. The minimum atomic E-state index is 0.766. The van der Waals surface area contributed by atoms with Gasteiger partial charge in [0.15, 0.2) is 5.82 Å². The van der Waals surface area contributed by atoms with Gasteiger partial charge in [0.25, 0.3) is 0 Å². The molecule has 0 bridgehead atoms. The minimum Gasteiger partial charge on any atom is -0.236 e. The lowest BCUT2D eigenvalue weighted by Crippen LogP contribution is -1.98. The summed E-state index contributed by atoms with van der Waals surface area (Å²) >= 11 is 0. The molecule has 3 rings (SSSR count). The van der Waals surface area contributed by atoms with Crippen molar-refractivity contribution in [3.8, 4) is 17.5 Å². The largest absolute Gasteiger partial charge is 0.236 e. The second-order valence-corrected chi connectivity index (χ2v) is 9.17. The van der Waals surface area contributed by atoms with Crippen LogP contribution in [0.1, 0.15) is 88.5 Å².